The van der Waals surface area contributed by atoms with E-state index < -0.39 is 43.5 Å². The van der Waals surface area contributed by atoms with Gasteiger partial charge in [-0.1, -0.05) is 34.6 Å². The van der Waals surface area contributed by atoms with E-state index >= 15 is 8.78 Å². The molecular formula is C47H68ClF2N5O12S. The topological polar surface area (TPSA) is 199 Å². The van der Waals surface area contributed by atoms with Gasteiger partial charge in [0, 0.05) is 61.3 Å². The minimum atomic E-state index is -3.19. The highest BCUT2D eigenvalue weighted by molar-refractivity contribution is 8.13. The smallest absolute Gasteiger partial charge is 0.343 e. The van der Waals surface area contributed by atoms with E-state index in [2.05, 4.69) is 36.4 Å². The third-order valence-electron chi connectivity index (χ3n) is 11.2. The van der Waals surface area contributed by atoms with Gasteiger partial charge in [-0.05, 0) is 70.3 Å². The lowest BCUT2D eigenvalue weighted by Crippen LogP contribution is -2.31. The summed E-state index contributed by atoms with van der Waals surface area (Å²) in [5.74, 6) is -2.30. The minimum Gasteiger partial charge on any atom is -0.492 e. The van der Waals surface area contributed by atoms with Crippen LogP contribution in [-0.4, -0.2) is 138 Å². The number of benzene rings is 2. The number of halogens is 3. The van der Waals surface area contributed by atoms with Crippen molar-refractivity contribution in [2.24, 2.45) is 0 Å². The fraction of sp³-hybridized carbons (Fsp3) is 0.574. The molecule has 0 unspecified atom stereocenters. The summed E-state index contributed by atoms with van der Waals surface area (Å²) >= 11 is 0. The number of hydrogen-bond donors (Lipinski definition) is 2. The average molecular weight is 1000 g/mol. The lowest BCUT2D eigenvalue weighted by Gasteiger charge is -2.27. The molecule has 2 aliphatic rings. The first-order valence-electron chi connectivity index (χ1n) is 22.7. The van der Waals surface area contributed by atoms with Crippen LogP contribution in [0, 0.1) is 11.6 Å². The number of esters is 2. The molecule has 380 valence electrons. The zero-order valence-corrected chi connectivity index (χ0v) is 42.4. The molecule has 2 fully saturated rings. The molecule has 2 N–H and O–H groups in total. The van der Waals surface area contributed by atoms with Crippen molar-refractivity contribution in [2.75, 3.05) is 104 Å². The maximum atomic E-state index is 15.2. The SMILES string of the molecule is CCCN(CCC)c1c(F)cc2c(=O)c(C(=O)OC)cn(C3CC3)c2c1OC.CCN(CC)CC.COC(=O)c1cn(C2CC2)c2c(OC)c(N(CCO)CCO)c(F)cc2c1=O.CS(=O)(=O)Cl. The van der Waals surface area contributed by atoms with Gasteiger partial charge in [0.05, 0.1) is 69.7 Å². The number of aliphatic hydroxyl groups excluding tert-OH is 2. The maximum Gasteiger partial charge on any atom is 0.343 e. The number of nitrogens with zero attached hydrogens (tertiary/aromatic N) is 5. The quantitative estimate of drug-likeness (QED) is 0.0763. The van der Waals surface area contributed by atoms with Crippen LogP contribution in [0.2, 0.25) is 0 Å². The molecule has 2 heterocycles. The fourth-order valence-electron chi connectivity index (χ4n) is 7.78. The summed E-state index contributed by atoms with van der Waals surface area (Å²) in [7, 11) is 6.57. The summed E-state index contributed by atoms with van der Waals surface area (Å²) < 4.78 is 73.3. The monoisotopic (exact) mass is 999 g/mol. The molecule has 0 saturated heterocycles. The van der Waals surface area contributed by atoms with Gasteiger partial charge in [-0.15, -0.1) is 0 Å². The van der Waals surface area contributed by atoms with Gasteiger partial charge in [0.25, 0.3) is 0 Å². The van der Waals surface area contributed by atoms with E-state index in [9.17, 15) is 37.8 Å². The largest absolute Gasteiger partial charge is 0.492 e. The summed E-state index contributed by atoms with van der Waals surface area (Å²) in [6, 6.07) is 2.52. The van der Waals surface area contributed by atoms with Crippen LogP contribution in [-0.2, 0) is 18.5 Å². The Labute approximate surface area is 401 Å². The number of ether oxygens (including phenoxy) is 4. The highest BCUT2D eigenvalue weighted by Gasteiger charge is 2.33. The maximum absolute atomic E-state index is 15.2. The number of fused-ring (bicyclic) bond motifs is 2. The van der Waals surface area contributed by atoms with Gasteiger partial charge in [-0.3, -0.25) is 9.59 Å². The van der Waals surface area contributed by atoms with Gasteiger partial charge < -0.3 is 53.0 Å². The van der Waals surface area contributed by atoms with E-state index in [1.54, 1.807) is 4.57 Å². The van der Waals surface area contributed by atoms with E-state index in [4.69, 9.17) is 18.9 Å². The van der Waals surface area contributed by atoms with Crippen LogP contribution in [0.5, 0.6) is 11.5 Å². The molecule has 6 rings (SSSR count). The first-order valence-corrected chi connectivity index (χ1v) is 25.4. The van der Waals surface area contributed by atoms with E-state index in [1.807, 2.05) is 23.3 Å². The summed E-state index contributed by atoms with van der Waals surface area (Å²) in [5, 5.41) is 18.8. The number of methoxy groups -OCH3 is 4. The first kappa shape index (κ1) is 57.3. The Hall–Kier alpha value is -5.02. The number of pyridine rings is 2. The zero-order valence-electron chi connectivity index (χ0n) is 40.8. The standard InChI is InChI=1S/C21H27FN2O4.C19H23FN2O6.C6H15N.CH3ClO2S/c1-5-9-23(10-6-2)18-16(22)11-14-17(20(18)27-3)24(13-7-8-13)12-15(19(14)25)21(26)28-4;1-27-18-15-12(9-14(20)16(18)21(5-7-23)6-8-24)17(25)13(19(26)28-2)10-22(15)11-3-4-11;1-4-7(5-2)6-3;1-5(2,3)4/h11-13H,5-10H2,1-4H3;9-11,23-24H,3-8H2,1-2H3;4-6H2,1-3H3;1H3. The van der Waals surface area contributed by atoms with Crippen molar-refractivity contribution in [3.63, 3.8) is 0 Å². The van der Waals surface area contributed by atoms with Crippen LogP contribution in [0.1, 0.15) is 106 Å². The van der Waals surface area contributed by atoms with Crippen molar-refractivity contribution in [3.05, 3.63) is 67.7 Å². The Bertz CT molecular complexity index is 2400. The van der Waals surface area contributed by atoms with E-state index in [-0.39, 0.29) is 71.7 Å². The van der Waals surface area contributed by atoms with Crippen molar-refractivity contribution < 1.29 is 55.9 Å². The third-order valence-corrected chi connectivity index (χ3v) is 11.2. The summed E-state index contributed by atoms with van der Waals surface area (Å²) in [5.41, 5.74) is -0.0978. The molecule has 2 saturated carbocycles. The third kappa shape index (κ3) is 14.5. The molecule has 0 atom stereocenters. The van der Waals surface area contributed by atoms with Gasteiger partial charge in [-0.25, -0.2) is 26.8 Å². The number of hydrogen-bond acceptors (Lipinski definition) is 15. The molecule has 2 aliphatic carbocycles. The molecule has 2 aromatic heterocycles. The second kappa shape index (κ2) is 26.7. The van der Waals surface area contributed by atoms with Crippen LogP contribution >= 0.6 is 10.7 Å². The zero-order chi connectivity index (χ0) is 51.0. The van der Waals surface area contributed by atoms with Crippen molar-refractivity contribution in [1.29, 1.82) is 0 Å². The first-order chi connectivity index (χ1) is 32.3. The molecule has 4 aromatic rings. The second-order valence-electron chi connectivity index (χ2n) is 16.0. The Morgan fingerprint density at radius 3 is 1.24 bits per heavy atom. The van der Waals surface area contributed by atoms with Crippen molar-refractivity contribution in [3.8, 4) is 11.5 Å². The second-order valence-corrected chi connectivity index (χ2v) is 19.0. The number of aliphatic hydroxyl groups is 2. The van der Waals surface area contributed by atoms with Crippen LogP contribution in [0.4, 0.5) is 20.2 Å². The van der Waals surface area contributed by atoms with Crippen molar-refractivity contribution in [1.82, 2.24) is 14.0 Å². The summed E-state index contributed by atoms with van der Waals surface area (Å²) in [4.78, 5) is 55.7. The number of carbonyl (C=O) groups excluding carboxylic acids is 2. The van der Waals surface area contributed by atoms with Crippen LogP contribution in [0.3, 0.4) is 0 Å². The minimum absolute atomic E-state index is 0.0147. The molecule has 0 spiro atoms. The molecule has 0 bridgehead atoms. The number of anilines is 2. The van der Waals surface area contributed by atoms with Gasteiger partial charge in [0.2, 0.25) is 19.9 Å². The highest BCUT2D eigenvalue weighted by atomic mass is 35.7. The fourth-order valence-corrected chi connectivity index (χ4v) is 7.78. The van der Waals surface area contributed by atoms with Gasteiger partial charge >= 0.3 is 11.9 Å². The molecule has 0 amide bonds. The highest BCUT2D eigenvalue weighted by Crippen LogP contribution is 2.45. The lowest BCUT2D eigenvalue weighted by atomic mass is 10.1. The predicted molar refractivity (Wildman–Crippen MR) is 262 cm³/mol. The lowest BCUT2D eigenvalue weighted by molar-refractivity contribution is 0.0589. The molecule has 21 heteroatoms. The molecule has 0 radical (unpaired) electrons. The Morgan fingerprint density at radius 1 is 0.676 bits per heavy atom. The molecule has 2 aromatic carbocycles. The van der Waals surface area contributed by atoms with E-state index in [1.165, 1.54) is 71.4 Å². The number of carbonyl (C=O) groups is 2. The Kier molecular flexibility index (Phi) is 22.5. The van der Waals surface area contributed by atoms with Crippen LogP contribution < -0.4 is 30.1 Å². The normalized spacial score (nSPS) is 13.1. The predicted octanol–water partition coefficient (Wildman–Crippen LogP) is 6.49. The molecule has 17 nitrogen and oxygen atoms in total. The van der Waals surface area contributed by atoms with Gasteiger partial charge in [0.15, 0.2) is 23.1 Å². The molecule has 68 heavy (non-hydrogen) atoms. The summed E-state index contributed by atoms with van der Waals surface area (Å²) in [6.07, 6.45) is 9.17. The Balaban J connectivity index is 0.000000291. The van der Waals surface area contributed by atoms with Gasteiger partial charge in [0.1, 0.15) is 22.5 Å². The number of aromatic nitrogens is 2. The van der Waals surface area contributed by atoms with E-state index in [0.29, 0.717) is 35.6 Å². The Morgan fingerprint density at radius 2 is 1.00 bits per heavy atom. The van der Waals surface area contributed by atoms with E-state index in [0.717, 1.165) is 50.8 Å². The van der Waals surface area contributed by atoms with Crippen molar-refractivity contribution >= 4 is 64.9 Å². The average Bonchev–Trinajstić information content (AvgIpc) is 4.25. The summed E-state index contributed by atoms with van der Waals surface area (Å²) in [6.45, 7) is 15.2. The molecule has 0 aliphatic heterocycles. The van der Waals surface area contributed by atoms with Crippen LogP contribution in [0.25, 0.3) is 21.8 Å². The van der Waals surface area contributed by atoms with Crippen LogP contribution in [0.15, 0.2) is 34.1 Å². The van der Waals surface area contributed by atoms with Gasteiger partial charge in [-0.2, -0.15) is 0 Å². The number of rotatable bonds is 19. The van der Waals surface area contributed by atoms with Crippen molar-refractivity contribution in [2.45, 2.75) is 85.2 Å². The molecular weight excluding hydrogens is 932 g/mol.